The minimum absolute atomic E-state index is 0. The third-order valence-electron chi connectivity index (χ3n) is 5.64. The van der Waals surface area contributed by atoms with Crippen LogP contribution in [0.25, 0.3) is 0 Å². The second-order valence-electron chi connectivity index (χ2n) is 7.03. The maximum Gasteiger partial charge on any atom is 0.234 e. The molecule has 4 heteroatoms. The number of halogens is 1. The summed E-state index contributed by atoms with van der Waals surface area (Å²) in [4.78, 5) is 14.4. The minimum Gasteiger partial charge on any atom is -1.00 e. The van der Waals surface area contributed by atoms with E-state index in [-0.39, 0.29) is 18.3 Å². The molecular formula is C16H28ClN2O-. The normalized spacial score (nSPS) is 34.5. The van der Waals surface area contributed by atoms with Gasteiger partial charge < -0.3 is 17.7 Å². The van der Waals surface area contributed by atoms with E-state index >= 15 is 0 Å². The van der Waals surface area contributed by atoms with Crippen LogP contribution in [0.1, 0.15) is 51.9 Å². The number of piperidine rings is 1. The number of carbonyl (C=O) groups excluding carboxylic acids is 1. The van der Waals surface area contributed by atoms with Crippen LogP contribution in [0.2, 0.25) is 0 Å². The standard InChI is InChI=1S/C16H28N2O.ClH/c1-12(15-10-13-5-6-14(15)9-13)17-16(19)11-18-7-3-2-4-8-18;/h12-15H,2-11H2,1H3,(H,17,19);1H/p-1. The Morgan fingerprint density at radius 2 is 1.95 bits per heavy atom. The van der Waals surface area contributed by atoms with Crippen LogP contribution in [0, 0.1) is 17.8 Å². The SMILES string of the molecule is CC(NC(=O)CN1CCCCC1)C1CC2CCC1C2.[Cl-]. The molecule has 1 heterocycles. The van der Waals surface area contributed by atoms with Crippen molar-refractivity contribution in [2.24, 2.45) is 17.8 Å². The van der Waals surface area contributed by atoms with Gasteiger partial charge in [0.1, 0.15) is 0 Å². The van der Waals surface area contributed by atoms with E-state index in [1.54, 1.807) is 0 Å². The van der Waals surface area contributed by atoms with E-state index in [0.29, 0.717) is 12.6 Å². The van der Waals surface area contributed by atoms with Crippen LogP contribution in [0.3, 0.4) is 0 Å². The second kappa shape index (κ2) is 7.13. The van der Waals surface area contributed by atoms with Crippen molar-refractivity contribution in [1.82, 2.24) is 10.2 Å². The van der Waals surface area contributed by atoms with Crippen molar-refractivity contribution in [3.8, 4) is 0 Å². The predicted molar refractivity (Wildman–Crippen MR) is 76.8 cm³/mol. The first kappa shape index (κ1) is 16.1. The van der Waals surface area contributed by atoms with Gasteiger partial charge in [-0.05, 0) is 69.9 Å². The molecule has 2 bridgehead atoms. The summed E-state index contributed by atoms with van der Waals surface area (Å²) in [5.41, 5.74) is 0. The Kier molecular flexibility index (Phi) is 5.74. The summed E-state index contributed by atoms with van der Waals surface area (Å²) >= 11 is 0. The number of amides is 1. The third-order valence-corrected chi connectivity index (χ3v) is 5.64. The first-order valence-corrected chi connectivity index (χ1v) is 8.24. The van der Waals surface area contributed by atoms with Crippen molar-refractivity contribution in [3.05, 3.63) is 0 Å². The van der Waals surface area contributed by atoms with Gasteiger partial charge in [-0.25, -0.2) is 0 Å². The highest BCUT2D eigenvalue weighted by Crippen LogP contribution is 2.49. The second-order valence-corrected chi connectivity index (χ2v) is 7.03. The summed E-state index contributed by atoms with van der Waals surface area (Å²) in [7, 11) is 0. The van der Waals surface area contributed by atoms with E-state index in [2.05, 4.69) is 17.1 Å². The number of carbonyl (C=O) groups is 1. The number of nitrogens with one attached hydrogen (secondary N) is 1. The van der Waals surface area contributed by atoms with E-state index < -0.39 is 0 Å². The number of nitrogens with zero attached hydrogens (tertiary/aromatic N) is 1. The van der Waals surface area contributed by atoms with Crippen molar-refractivity contribution in [2.45, 2.75) is 57.9 Å². The van der Waals surface area contributed by atoms with Crippen LogP contribution in [-0.2, 0) is 4.79 Å². The first-order valence-electron chi connectivity index (χ1n) is 8.24. The Hall–Kier alpha value is -0.280. The van der Waals surface area contributed by atoms with E-state index in [9.17, 15) is 4.79 Å². The van der Waals surface area contributed by atoms with E-state index in [4.69, 9.17) is 0 Å². The van der Waals surface area contributed by atoms with E-state index in [1.165, 1.54) is 44.9 Å². The van der Waals surface area contributed by atoms with Gasteiger partial charge in [-0.15, -0.1) is 0 Å². The molecule has 1 N–H and O–H groups in total. The van der Waals surface area contributed by atoms with Gasteiger partial charge in [0.25, 0.3) is 0 Å². The van der Waals surface area contributed by atoms with Crippen LogP contribution >= 0.6 is 0 Å². The van der Waals surface area contributed by atoms with Gasteiger partial charge in [-0.3, -0.25) is 9.69 Å². The summed E-state index contributed by atoms with van der Waals surface area (Å²) in [6, 6.07) is 0.382. The smallest absolute Gasteiger partial charge is 0.234 e. The largest absolute Gasteiger partial charge is 1.00 e. The molecule has 3 aliphatic rings. The van der Waals surface area contributed by atoms with Crippen molar-refractivity contribution in [1.29, 1.82) is 0 Å². The van der Waals surface area contributed by atoms with Crippen molar-refractivity contribution >= 4 is 5.91 Å². The van der Waals surface area contributed by atoms with E-state index in [0.717, 1.165) is 30.8 Å². The highest BCUT2D eigenvalue weighted by Gasteiger charge is 2.42. The number of fused-ring (bicyclic) bond motifs is 2. The van der Waals surface area contributed by atoms with Crippen molar-refractivity contribution in [3.63, 3.8) is 0 Å². The summed E-state index contributed by atoms with van der Waals surface area (Å²) in [6.07, 6.45) is 9.48. The molecule has 116 valence electrons. The molecule has 3 nitrogen and oxygen atoms in total. The average Bonchev–Trinajstić information content (AvgIpc) is 3.02. The monoisotopic (exact) mass is 299 g/mol. The fraction of sp³-hybridized carbons (Fsp3) is 0.938. The van der Waals surface area contributed by atoms with Crippen LogP contribution < -0.4 is 17.7 Å². The Morgan fingerprint density at radius 3 is 2.55 bits per heavy atom. The fourth-order valence-electron chi connectivity index (χ4n) is 4.63. The average molecular weight is 300 g/mol. The molecular weight excluding hydrogens is 272 g/mol. The summed E-state index contributed by atoms with van der Waals surface area (Å²) in [6.45, 7) is 5.05. The minimum atomic E-state index is 0. The topological polar surface area (TPSA) is 32.3 Å². The molecule has 2 aliphatic carbocycles. The van der Waals surface area contributed by atoms with Gasteiger partial charge in [0.05, 0.1) is 6.54 Å². The zero-order valence-corrected chi connectivity index (χ0v) is 13.4. The summed E-state index contributed by atoms with van der Waals surface area (Å²) < 4.78 is 0. The highest BCUT2D eigenvalue weighted by atomic mass is 35.5. The Balaban J connectivity index is 0.00000147. The van der Waals surface area contributed by atoms with Crippen LogP contribution in [0.15, 0.2) is 0 Å². The molecule has 4 unspecified atom stereocenters. The molecule has 0 aromatic carbocycles. The lowest BCUT2D eigenvalue weighted by molar-refractivity contribution is -0.123. The Bertz CT molecular complexity index is 330. The Labute approximate surface area is 129 Å². The van der Waals surface area contributed by atoms with Gasteiger partial charge in [-0.2, -0.15) is 0 Å². The van der Waals surface area contributed by atoms with Crippen molar-refractivity contribution in [2.75, 3.05) is 19.6 Å². The number of rotatable bonds is 4. The lowest BCUT2D eigenvalue weighted by atomic mass is 9.84. The zero-order chi connectivity index (χ0) is 13.2. The number of hydrogen-bond donors (Lipinski definition) is 1. The predicted octanol–water partition coefficient (Wildman–Crippen LogP) is -0.583. The number of likely N-dealkylation sites (tertiary alicyclic amines) is 1. The van der Waals surface area contributed by atoms with E-state index in [1.807, 2.05) is 0 Å². The molecule has 20 heavy (non-hydrogen) atoms. The molecule has 1 amide bonds. The van der Waals surface area contributed by atoms with Crippen LogP contribution in [0.5, 0.6) is 0 Å². The zero-order valence-electron chi connectivity index (χ0n) is 12.6. The van der Waals surface area contributed by atoms with Crippen LogP contribution in [-0.4, -0.2) is 36.5 Å². The quantitative estimate of drug-likeness (QED) is 0.753. The summed E-state index contributed by atoms with van der Waals surface area (Å²) in [5, 5.41) is 3.27. The van der Waals surface area contributed by atoms with Crippen molar-refractivity contribution < 1.29 is 17.2 Å². The molecule has 0 radical (unpaired) electrons. The maximum atomic E-state index is 12.1. The number of hydrogen-bond acceptors (Lipinski definition) is 2. The van der Waals surface area contributed by atoms with Gasteiger partial charge in [0.2, 0.25) is 5.91 Å². The Morgan fingerprint density at radius 1 is 1.20 bits per heavy atom. The lowest BCUT2D eigenvalue weighted by Crippen LogP contribution is -3.00. The molecule has 0 aromatic heterocycles. The van der Waals surface area contributed by atoms with Gasteiger partial charge in [0, 0.05) is 6.04 Å². The maximum absolute atomic E-state index is 12.1. The fourth-order valence-corrected chi connectivity index (χ4v) is 4.63. The molecule has 0 spiro atoms. The molecule has 4 atom stereocenters. The lowest BCUT2D eigenvalue weighted by Gasteiger charge is -2.30. The van der Waals surface area contributed by atoms with Gasteiger partial charge >= 0.3 is 0 Å². The molecule has 0 aromatic rings. The third kappa shape index (κ3) is 3.67. The highest BCUT2D eigenvalue weighted by molar-refractivity contribution is 5.78. The molecule has 1 saturated heterocycles. The molecule has 1 aliphatic heterocycles. The summed E-state index contributed by atoms with van der Waals surface area (Å²) in [5.74, 6) is 2.87. The molecule has 3 rings (SSSR count). The molecule has 2 saturated carbocycles. The van der Waals surface area contributed by atoms with Gasteiger partial charge in [-0.1, -0.05) is 12.8 Å². The molecule has 3 fully saturated rings. The van der Waals surface area contributed by atoms with Gasteiger partial charge in [0.15, 0.2) is 0 Å². The van der Waals surface area contributed by atoms with Crippen LogP contribution in [0.4, 0.5) is 0 Å². The first-order chi connectivity index (χ1) is 9.22.